The van der Waals surface area contributed by atoms with Crippen LogP contribution in [0.1, 0.15) is 37.2 Å². The first kappa shape index (κ1) is 12.0. The zero-order chi connectivity index (χ0) is 12.6. The van der Waals surface area contributed by atoms with Gasteiger partial charge in [0.2, 0.25) is 0 Å². The molecule has 3 unspecified atom stereocenters. The van der Waals surface area contributed by atoms with Crippen LogP contribution in [0.2, 0.25) is 0 Å². The van der Waals surface area contributed by atoms with Crippen molar-refractivity contribution in [3.8, 4) is 0 Å². The van der Waals surface area contributed by atoms with Crippen molar-refractivity contribution >= 4 is 11.6 Å². The number of aryl methyl sites for hydroxylation is 1. The molecule has 3 atom stereocenters. The van der Waals surface area contributed by atoms with E-state index >= 15 is 0 Å². The van der Waals surface area contributed by atoms with E-state index in [4.69, 9.17) is 5.73 Å². The Morgan fingerprint density at radius 3 is 2.65 bits per heavy atom. The van der Waals surface area contributed by atoms with E-state index in [1.807, 2.05) is 7.05 Å². The summed E-state index contributed by atoms with van der Waals surface area (Å²) in [7, 11) is 1.84. The van der Waals surface area contributed by atoms with Gasteiger partial charge in [0, 0.05) is 19.3 Å². The van der Waals surface area contributed by atoms with E-state index in [0.717, 1.165) is 6.42 Å². The molecule has 0 spiro atoms. The highest BCUT2D eigenvalue weighted by atomic mass is 16.2. The van der Waals surface area contributed by atoms with E-state index < -0.39 is 0 Å². The minimum absolute atomic E-state index is 0.0184. The zero-order valence-electron chi connectivity index (χ0n) is 10.7. The van der Waals surface area contributed by atoms with Gasteiger partial charge in [-0.2, -0.15) is 0 Å². The summed E-state index contributed by atoms with van der Waals surface area (Å²) in [6, 6.07) is 2.02. The molecule has 1 amide bonds. The van der Waals surface area contributed by atoms with Crippen LogP contribution in [-0.4, -0.2) is 16.5 Å². The number of nitrogens with zero attached hydrogens (tertiary/aromatic N) is 1. The number of nitrogens with two attached hydrogens (primary N) is 1. The molecule has 0 radical (unpaired) electrons. The monoisotopic (exact) mass is 235 g/mol. The third kappa shape index (κ3) is 2.30. The van der Waals surface area contributed by atoms with Gasteiger partial charge in [0.15, 0.2) is 0 Å². The molecule has 1 aliphatic rings. The highest BCUT2D eigenvalue weighted by Crippen LogP contribution is 2.31. The second-order valence-corrected chi connectivity index (χ2v) is 5.26. The minimum atomic E-state index is -0.0184. The summed E-state index contributed by atoms with van der Waals surface area (Å²) in [5, 5.41) is 3.11. The van der Waals surface area contributed by atoms with Gasteiger partial charge >= 0.3 is 0 Å². The highest BCUT2D eigenvalue weighted by Gasteiger charge is 2.31. The normalized spacial score (nSPS) is 28.3. The number of nitrogen functional groups attached to an aromatic ring is 1. The molecule has 1 fully saturated rings. The van der Waals surface area contributed by atoms with Gasteiger partial charge in [-0.05, 0) is 30.7 Å². The second kappa shape index (κ2) is 4.43. The molecule has 1 saturated carbocycles. The van der Waals surface area contributed by atoms with Crippen LogP contribution in [0.5, 0.6) is 0 Å². The molecule has 0 aromatic carbocycles. The topological polar surface area (TPSA) is 60.1 Å². The lowest BCUT2D eigenvalue weighted by molar-refractivity contribution is 0.0919. The van der Waals surface area contributed by atoms with Gasteiger partial charge in [-0.3, -0.25) is 4.79 Å². The van der Waals surface area contributed by atoms with Crippen LogP contribution in [0.25, 0.3) is 0 Å². The van der Waals surface area contributed by atoms with Gasteiger partial charge < -0.3 is 15.6 Å². The minimum Gasteiger partial charge on any atom is -0.397 e. The van der Waals surface area contributed by atoms with E-state index in [-0.39, 0.29) is 5.91 Å². The SMILES string of the molecule is CC1CCC(NC(=O)c2cc(N)cn2C)C1C. The Morgan fingerprint density at radius 2 is 2.18 bits per heavy atom. The molecule has 0 bridgehead atoms. The number of amides is 1. The van der Waals surface area contributed by atoms with Crippen molar-refractivity contribution in [3.63, 3.8) is 0 Å². The number of hydrogen-bond donors (Lipinski definition) is 2. The quantitative estimate of drug-likeness (QED) is 0.820. The molecule has 4 heteroatoms. The molecular weight excluding hydrogens is 214 g/mol. The lowest BCUT2D eigenvalue weighted by Crippen LogP contribution is -2.38. The van der Waals surface area contributed by atoms with Crippen LogP contribution in [0.4, 0.5) is 5.69 Å². The number of hydrogen-bond acceptors (Lipinski definition) is 2. The standard InChI is InChI=1S/C13H21N3O/c1-8-4-5-11(9(8)2)15-13(17)12-6-10(14)7-16(12)3/h6-9,11H,4-5,14H2,1-3H3,(H,15,17). The number of anilines is 1. The van der Waals surface area contributed by atoms with Crippen molar-refractivity contribution in [3.05, 3.63) is 18.0 Å². The fourth-order valence-corrected chi connectivity index (χ4v) is 2.63. The smallest absolute Gasteiger partial charge is 0.268 e. The Balaban J connectivity index is 2.05. The molecule has 3 N–H and O–H groups in total. The van der Waals surface area contributed by atoms with Crippen LogP contribution < -0.4 is 11.1 Å². The van der Waals surface area contributed by atoms with Crippen LogP contribution in [-0.2, 0) is 7.05 Å². The molecule has 1 aliphatic carbocycles. The zero-order valence-corrected chi connectivity index (χ0v) is 10.7. The van der Waals surface area contributed by atoms with E-state index in [1.165, 1.54) is 6.42 Å². The lowest BCUT2D eigenvalue weighted by Gasteiger charge is -2.19. The number of carbonyl (C=O) groups is 1. The largest absolute Gasteiger partial charge is 0.397 e. The Bertz CT molecular complexity index is 424. The summed E-state index contributed by atoms with van der Waals surface area (Å²) in [6.45, 7) is 4.46. The van der Waals surface area contributed by atoms with E-state index in [9.17, 15) is 4.79 Å². The van der Waals surface area contributed by atoms with Gasteiger partial charge in [-0.1, -0.05) is 13.8 Å². The molecule has 1 heterocycles. The fourth-order valence-electron chi connectivity index (χ4n) is 2.63. The first-order valence-corrected chi connectivity index (χ1v) is 6.21. The summed E-state index contributed by atoms with van der Waals surface area (Å²) in [5.41, 5.74) is 6.94. The van der Waals surface area contributed by atoms with Crippen LogP contribution in [0.3, 0.4) is 0 Å². The van der Waals surface area contributed by atoms with E-state index in [0.29, 0.717) is 29.3 Å². The first-order valence-electron chi connectivity index (χ1n) is 6.21. The summed E-state index contributed by atoms with van der Waals surface area (Å²) < 4.78 is 1.77. The lowest BCUT2D eigenvalue weighted by atomic mass is 9.98. The molecule has 17 heavy (non-hydrogen) atoms. The Morgan fingerprint density at radius 1 is 1.47 bits per heavy atom. The Kier molecular flexibility index (Phi) is 3.13. The van der Waals surface area contributed by atoms with Crippen molar-refractivity contribution in [2.75, 3.05) is 5.73 Å². The summed E-state index contributed by atoms with van der Waals surface area (Å²) >= 11 is 0. The molecule has 1 aromatic rings. The predicted molar refractivity (Wildman–Crippen MR) is 68.6 cm³/mol. The maximum Gasteiger partial charge on any atom is 0.268 e. The van der Waals surface area contributed by atoms with Gasteiger partial charge in [0.25, 0.3) is 5.91 Å². The molecule has 1 aromatic heterocycles. The number of rotatable bonds is 2. The fraction of sp³-hybridized carbons (Fsp3) is 0.615. The maximum atomic E-state index is 12.1. The summed E-state index contributed by atoms with van der Waals surface area (Å²) in [4.78, 5) is 12.1. The van der Waals surface area contributed by atoms with Crippen molar-refractivity contribution in [2.24, 2.45) is 18.9 Å². The average molecular weight is 235 g/mol. The highest BCUT2D eigenvalue weighted by molar-refractivity contribution is 5.94. The number of nitrogens with one attached hydrogen (secondary N) is 1. The van der Waals surface area contributed by atoms with Crippen LogP contribution in [0.15, 0.2) is 12.3 Å². The second-order valence-electron chi connectivity index (χ2n) is 5.26. The Hall–Kier alpha value is -1.45. The molecule has 0 aliphatic heterocycles. The number of aromatic nitrogens is 1. The van der Waals surface area contributed by atoms with Crippen molar-refractivity contribution in [1.29, 1.82) is 0 Å². The van der Waals surface area contributed by atoms with Crippen molar-refractivity contribution < 1.29 is 4.79 Å². The average Bonchev–Trinajstić information content (AvgIpc) is 2.75. The van der Waals surface area contributed by atoms with Crippen molar-refractivity contribution in [2.45, 2.75) is 32.7 Å². The molecule has 0 saturated heterocycles. The van der Waals surface area contributed by atoms with E-state index in [1.54, 1.807) is 16.8 Å². The summed E-state index contributed by atoms with van der Waals surface area (Å²) in [6.07, 6.45) is 4.03. The molecule has 2 rings (SSSR count). The molecule has 4 nitrogen and oxygen atoms in total. The van der Waals surface area contributed by atoms with Gasteiger partial charge in [0.1, 0.15) is 5.69 Å². The molecular formula is C13H21N3O. The van der Waals surface area contributed by atoms with Gasteiger partial charge in [-0.25, -0.2) is 0 Å². The first-order chi connectivity index (χ1) is 7.99. The van der Waals surface area contributed by atoms with E-state index in [2.05, 4.69) is 19.2 Å². The maximum absolute atomic E-state index is 12.1. The number of carbonyl (C=O) groups excluding carboxylic acids is 1. The third-order valence-corrected chi connectivity index (χ3v) is 4.04. The van der Waals surface area contributed by atoms with Crippen LogP contribution >= 0.6 is 0 Å². The predicted octanol–water partition coefficient (Wildman–Crippen LogP) is 1.77. The third-order valence-electron chi connectivity index (χ3n) is 4.04. The summed E-state index contributed by atoms with van der Waals surface area (Å²) in [5.74, 6) is 1.23. The van der Waals surface area contributed by atoms with Crippen LogP contribution in [0, 0.1) is 11.8 Å². The van der Waals surface area contributed by atoms with Gasteiger partial charge in [0.05, 0.1) is 5.69 Å². The Labute approximate surface area is 102 Å². The molecule has 94 valence electrons. The van der Waals surface area contributed by atoms with Crippen molar-refractivity contribution in [1.82, 2.24) is 9.88 Å². The van der Waals surface area contributed by atoms with Gasteiger partial charge in [-0.15, -0.1) is 0 Å².